The second-order valence-corrected chi connectivity index (χ2v) is 20.6. The van der Waals surface area contributed by atoms with Crippen molar-refractivity contribution < 1.29 is 21.3 Å². The Hall–Kier alpha value is -4.55. The Morgan fingerprint density at radius 2 is 1.32 bits per heavy atom. The zero-order valence-corrected chi connectivity index (χ0v) is 39.5. The maximum atomic E-state index is 14.2. The molecule has 3 unspecified atom stereocenters. The van der Waals surface area contributed by atoms with Crippen molar-refractivity contribution in [1.29, 1.82) is 0 Å². The molecule has 0 saturated heterocycles. The second kappa shape index (κ2) is 20.8. The number of nitrogens with zero attached hydrogens (tertiary/aromatic N) is 1. The van der Waals surface area contributed by atoms with Gasteiger partial charge in [-0.2, -0.15) is 0 Å². The van der Waals surface area contributed by atoms with E-state index in [0.717, 1.165) is 102 Å². The normalized spacial score (nSPS) is 15.5. The SMILES string of the molecule is CCCCC(CC)CNS(=O)(=O)c1cc(C)c(N=c2ccc3c(-c4ccccc4S(=O)(=O)NCC(CC)CCCC)c4c(oc-3c2)CC(Nc2c(C)cccc2C)C=C4)c(C)c1. The van der Waals surface area contributed by atoms with Crippen molar-refractivity contribution >= 4 is 37.5 Å². The number of aryl methyl sites for hydroxylation is 4. The Morgan fingerprint density at radius 3 is 1.94 bits per heavy atom. The predicted molar refractivity (Wildman–Crippen MR) is 255 cm³/mol. The van der Waals surface area contributed by atoms with E-state index in [1.807, 2.05) is 44.2 Å². The van der Waals surface area contributed by atoms with Crippen LogP contribution in [0.15, 0.2) is 98.1 Å². The van der Waals surface area contributed by atoms with Crippen molar-refractivity contribution in [2.75, 3.05) is 18.4 Å². The lowest BCUT2D eigenvalue weighted by Gasteiger charge is -2.27. The number of unbranched alkanes of at least 4 members (excludes halogenated alkanes) is 2. The van der Waals surface area contributed by atoms with Gasteiger partial charge in [-0.15, -0.1) is 0 Å². The molecule has 6 rings (SSSR count). The zero-order valence-electron chi connectivity index (χ0n) is 37.9. The lowest BCUT2D eigenvalue weighted by molar-refractivity contribution is 0.443. The minimum Gasteiger partial charge on any atom is -0.460 e. The molecule has 3 N–H and O–H groups in total. The van der Waals surface area contributed by atoms with Crippen LogP contribution in [0.5, 0.6) is 0 Å². The molecular formula is C51H66N4O5S2. The minimum absolute atomic E-state index is 0.0715. The Bertz CT molecular complexity index is 2610. The lowest BCUT2D eigenvalue weighted by atomic mass is 9.88. The quantitative estimate of drug-likeness (QED) is 0.0714. The largest absolute Gasteiger partial charge is 0.460 e. The van der Waals surface area contributed by atoms with E-state index in [1.54, 1.807) is 24.3 Å². The maximum Gasteiger partial charge on any atom is 0.241 e. The van der Waals surface area contributed by atoms with Crippen molar-refractivity contribution in [2.24, 2.45) is 16.8 Å². The molecule has 0 saturated carbocycles. The third-order valence-corrected chi connectivity index (χ3v) is 15.3. The number of hydrogen-bond acceptors (Lipinski definition) is 7. The molecule has 62 heavy (non-hydrogen) atoms. The van der Waals surface area contributed by atoms with Crippen molar-refractivity contribution in [2.45, 2.75) is 129 Å². The Labute approximate surface area is 371 Å². The van der Waals surface area contributed by atoms with E-state index in [-0.39, 0.29) is 21.8 Å². The van der Waals surface area contributed by atoms with Crippen molar-refractivity contribution in [3.8, 4) is 22.5 Å². The van der Waals surface area contributed by atoms with E-state index in [4.69, 9.17) is 9.41 Å². The second-order valence-electron chi connectivity index (χ2n) is 17.1. The molecule has 9 nitrogen and oxygen atoms in total. The highest BCUT2D eigenvalue weighted by Gasteiger charge is 2.29. The van der Waals surface area contributed by atoms with Crippen LogP contribution in [0.2, 0.25) is 0 Å². The fraction of sp³-hybridized carbons (Fsp3) is 0.431. The molecule has 1 heterocycles. The van der Waals surface area contributed by atoms with Gasteiger partial charge in [-0.05, 0) is 105 Å². The third kappa shape index (κ3) is 11.0. The van der Waals surface area contributed by atoms with E-state index >= 15 is 0 Å². The molecule has 3 aliphatic rings. The summed E-state index contributed by atoms with van der Waals surface area (Å²) in [5.74, 6) is 1.85. The first-order chi connectivity index (χ1) is 29.7. The molecule has 332 valence electrons. The molecule has 3 atom stereocenters. The first-order valence-corrected chi connectivity index (χ1v) is 25.5. The predicted octanol–water partition coefficient (Wildman–Crippen LogP) is 11.6. The van der Waals surface area contributed by atoms with Crippen LogP contribution in [0.4, 0.5) is 11.4 Å². The Kier molecular flexibility index (Phi) is 15.7. The smallest absolute Gasteiger partial charge is 0.241 e. The summed E-state index contributed by atoms with van der Waals surface area (Å²) < 4.78 is 68.1. The molecule has 0 amide bonds. The summed E-state index contributed by atoms with van der Waals surface area (Å²) in [6.07, 6.45) is 12.8. The van der Waals surface area contributed by atoms with Crippen molar-refractivity contribution in [3.63, 3.8) is 0 Å². The summed E-state index contributed by atoms with van der Waals surface area (Å²) in [6, 6.07) is 22.5. The summed E-state index contributed by atoms with van der Waals surface area (Å²) >= 11 is 0. The summed E-state index contributed by atoms with van der Waals surface area (Å²) in [5.41, 5.74) is 8.52. The number of benzene rings is 4. The van der Waals surface area contributed by atoms with Crippen LogP contribution >= 0.6 is 0 Å². The van der Waals surface area contributed by atoms with Gasteiger partial charge < -0.3 is 9.73 Å². The average molecular weight is 879 g/mol. The molecule has 0 aromatic heterocycles. The molecule has 0 bridgehead atoms. The average Bonchev–Trinajstić information content (AvgIpc) is 3.25. The van der Waals surface area contributed by atoms with E-state index in [9.17, 15) is 16.8 Å². The molecule has 11 heteroatoms. The van der Waals surface area contributed by atoms with Crippen LogP contribution in [-0.2, 0) is 26.5 Å². The summed E-state index contributed by atoms with van der Waals surface area (Å²) in [4.78, 5) is 5.51. The van der Waals surface area contributed by atoms with Crippen molar-refractivity contribution in [1.82, 2.24) is 9.44 Å². The fourth-order valence-electron chi connectivity index (χ4n) is 8.56. The standard InChI is InChI=1S/C51H66N4O5S2/c1-9-13-20-38(11-3)32-52-61(56,57)42-28-36(7)51(37(8)29-42)55-41-25-27-44-47(31-41)60-46-30-40(54-50-34(5)18-17-19-35(50)6)24-26-43(46)49(44)45-22-15-16-23-48(45)62(58,59)53-33-39(12-4)21-14-10-2/h15-19,22-29,31,38-40,52-54H,9-14,20-21,30,32-33H2,1-8H3. The zero-order chi connectivity index (χ0) is 44.6. The van der Waals surface area contributed by atoms with Crippen LogP contribution in [0.1, 0.15) is 113 Å². The van der Waals surface area contributed by atoms with E-state index in [0.29, 0.717) is 47.8 Å². The number of anilines is 1. The van der Waals surface area contributed by atoms with Crippen LogP contribution in [-0.4, -0.2) is 36.0 Å². The number of sulfonamides is 2. The lowest BCUT2D eigenvalue weighted by Crippen LogP contribution is -2.30. The molecule has 1 aliphatic heterocycles. The highest BCUT2D eigenvalue weighted by atomic mass is 32.2. The van der Waals surface area contributed by atoms with Crippen LogP contribution in [0.3, 0.4) is 0 Å². The molecule has 2 aliphatic carbocycles. The molecular weight excluding hydrogens is 813 g/mol. The summed E-state index contributed by atoms with van der Waals surface area (Å²) in [5, 5.41) is 4.36. The summed E-state index contributed by atoms with van der Waals surface area (Å²) in [7, 11) is -7.61. The molecule has 3 aromatic rings. The van der Waals surface area contributed by atoms with Crippen LogP contribution < -0.4 is 20.1 Å². The fourth-order valence-corrected chi connectivity index (χ4v) is 11.2. The Morgan fingerprint density at radius 1 is 0.710 bits per heavy atom. The van der Waals surface area contributed by atoms with Gasteiger partial charge in [0.2, 0.25) is 20.0 Å². The third-order valence-electron chi connectivity index (χ3n) is 12.4. The summed E-state index contributed by atoms with van der Waals surface area (Å²) in [6.45, 7) is 17.3. The number of fused-ring (bicyclic) bond motifs is 2. The van der Waals surface area contributed by atoms with E-state index in [1.165, 1.54) is 0 Å². The van der Waals surface area contributed by atoms with Gasteiger partial charge in [0.25, 0.3) is 0 Å². The topological polar surface area (TPSA) is 130 Å². The first-order valence-electron chi connectivity index (χ1n) is 22.5. The number of para-hydroxylation sites is 1. The van der Waals surface area contributed by atoms with Gasteiger partial charge in [0.15, 0.2) is 0 Å². The van der Waals surface area contributed by atoms with Gasteiger partial charge >= 0.3 is 0 Å². The molecule has 3 aromatic carbocycles. The number of hydrogen-bond donors (Lipinski definition) is 3. The van der Waals surface area contributed by atoms with Crippen LogP contribution in [0.25, 0.3) is 28.5 Å². The maximum absolute atomic E-state index is 14.2. The first kappa shape index (κ1) is 46.9. The van der Waals surface area contributed by atoms with Gasteiger partial charge in [0.05, 0.1) is 26.9 Å². The van der Waals surface area contributed by atoms with Gasteiger partial charge in [-0.3, -0.25) is 0 Å². The van der Waals surface area contributed by atoms with E-state index < -0.39 is 20.0 Å². The van der Waals surface area contributed by atoms with Crippen molar-refractivity contribution in [3.05, 3.63) is 118 Å². The molecule has 0 spiro atoms. The highest BCUT2D eigenvalue weighted by molar-refractivity contribution is 7.89. The minimum atomic E-state index is -3.89. The van der Waals surface area contributed by atoms with Gasteiger partial charge in [-0.1, -0.05) is 115 Å². The monoisotopic (exact) mass is 878 g/mol. The molecule has 0 fully saturated rings. The van der Waals surface area contributed by atoms with Gasteiger partial charge in [0.1, 0.15) is 11.5 Å². The van der Waals surface area contributed by atoms with Crippen LogP contribution in [0, 0.1) is 39.5 Å². The van der Waals surface area contributed by atoms with E-state index in [2.05, 4.69) is 86.7 Å². The van der Waals surface area contributed by atoms with Gasteiger partial charge in [-0.25, -0.2) is 31.3 Å². The highest BCUT2D eigenvalue weighted by Crippen LogP contribution is 2.43. The Balaban J connectivity index is 1.43. The number of rotatable bonds is 20. The molecule has 0 radical (unpaired) electrons. The van der Waals surface area contributed by atoms with Gasteiger partial charge in [0, 0.05) is 53.5 Å². The number of nitrogens with one attached hydrogen (secondary N) is 3.